The van der Waals surface area contributed by atoms with E-state index in [2.05, 4.69) is 23.8 Å². The molecule has 0 saturated heterocycles. The van der Waals surface area contributed by atoms with Crippen molar-refractivity contribution in [3.8, 4) is 0 Å². The Labute approximate surface area is 267 Å². The Morgan fingerprint density at radius 1 is 0.614 bits per heavy atom. The zero-order valence-corrected chi connectivity index (χ0v) is 28.7. The maximum Gasteiger partial charge on any atom is 0.407 e. The Bertz CT molecular complexity index is 911. The molecule has 8 aliphatic carbocycles. The van der Waals surface area contributed by atoms with Gasteiger partial charge in [0.05, 0.1) is 0 Å². The van der Waals surface area contributed by atoms with Gasteiger partial charge in [0, 0.05) is 12.1 Å². The predicted octanol–water partition coefficient (Wildman–Crippen LogP) is 9.34. The number of carbonyl (C=O) groups is 2. The molecule has 0 radical (unpaired) electrons. The maximum atomic E-state index is 12.3. The number of hydrogen-bond acceptors (Lipinski definition) is 4. The zero-order chi connectivity index (χ0) is 31.9. The largest absolute Gasteiger partial charge is 0.444 e. The van der Waals surface area contributed by atoms with Crippen molar-refractivity contribution < 1.29 is 19.1 Å². The van der Waals surface area contributed by atoms with Crippen LogP contribution in [0.5, 0.6) is 0 Å². The van der Waals surface area contributed by atoms with E-state index in [1.165, 1.54) is 77.0 Å². The summed E-state index contributed by atoms with van der Waals surface area (Å²) in [5.74, 6) is 5.33. The average Bonchev–Trinajstić information content (AvgIpc) is 2.85. The van der Waals surface area contributed by atoms with Gasteiger partial charge in [-0.05, 0) is 178 Å². The topological polar surface area (TPSA) is 76.7 Å². The van der Waals surface area contributed by atoms with E-state index in [1.54, 1.807) is 0 Å². The second kappa shape index (κ2) is 12.7. The first-order valence-electron chi connectivity index (χ1n) is 17.8. The summed E-state index contributed by atoms with van der Waals surface area (Å²) in [7, 11) is 0. The highest BCUT2D eigenvalue weighted by Gasteiger charge is 2.55. The summed E-state index contributed by atoms with van der Waals surface area (Å²) in [5, 5.41) is 6.40. The van der Waals surface area contributed by atoms with Crippen molar-refractivity contribution in [2.45, 2.75) is 155 Å². The summed E-state index contributed by atoms with van der Waals surface area (Å²) < 4.78 is 11.0. The van der Waals surface area contributed by atoms with Crippen molar-refractivity contribution >= 4 is 12.2 Å². The number of rotatable bonds is 8. The van der Waals surface area contributed by atoms with Gasteiger partial charge < -0.3 is 20.1 Å². The van der Waals surface area contributed by atoms with Gasteiger partial charge in [-0.3, -0.25) is 0 Å². The number of alkyl carbamates (subject to hydrolysis) is 2. The lowest BCUT2D eigenvalue weighted by Crippen LogP contribution is -2.57. The summed E-state index contributed by atoms with van der Waals surface area (Å²) in [4.78, 5) is 24.5. The van der Waals surface area contributed by atoms with Gasteiger partial charge in [-0.1, -0.05) is 12.2 Å². The van der Waals surface area contributed by atoms with Crippen LogP contribution in [0, 0.1) is 46.3 Å². The number of amides is 2. The van der Waals surface area contributed by atoms with Gasteiger partial charge in [0.25, 0.3) is 0 Å². The first-order valence-corrected chi connectivity index (χ1v) is 17.8. The van der Waals surface area contributed by atoms with Crippen molar-refractivity contribution in [3.63, 3.8) is 0 Å². The minimum atomic E-state index is -0.440. The van der Waals surface area contributed by atoms with Crippen LogP contribution in [-0.4, -0.2) is 35.5 Å². The maximum absolute atomic E-state index is 12.3. The highest BCUT2D eigenvalue weighted by atomic mass is 16.6. The monoisotopic (exact) mass is 610 g/mol. The van der Waals surface area contributed by atoms with Gasteiger partial charge in [0.15, 0.2) is 0 Å². The molecule has 8 saturated carbocycles. The number of ether oxygens (including phenoxy) is 2. The molecule has 2 N–H and O–H groups in total. The molecule has 0 spiro atoms. The molecule has 8 rings (SSSR count). The predicted molar refractivity (Wildman–Crippen MR) is 177 cm³/mol. The summed E-state index contributed by atoms with van der Waals surface area (Å²) in [6.45, 7) is 19.3. The number of carbonyl (C=O) groups excluding carboxylic acids is 2. The summed E-state index contributed by atoms with van der Waals surface area (Å²) in [6.07, 6.45) is 21.3. The van der Waals surface area contributed by atoms with Crippen LogP contribution in [0.25, 0.3) is 0 Å². The van der Waals surface area contributed by atoms with Gasteiger partial charge in [-0.15, -0.1) is 13.2 Å². The molecule has 2 amide bonds. The van der Waals surface area contributed by atoms with Crippen molar-refractivity contribution in [1.29, 1.82) is 0 Å². The van der Waals surface area contributed by atoms with Crippen molar-refractivity contribution in [1.82, 2.24) is 10.6 Å². The molecule has 248 valence electrons. The smallest absolute Gasteiger partial charge is 0.407 e. The average molecular weight is 611 g/mol. The van der Waals surface area contributed by atoms with E-state index < -0.39 is 11.2 Å². The van der Waals surface area contributed by atoms with Crippen LogP contribution in [0.2, 0.25) is 0 Å². The molecule has 44 heavy (non-hydrogen) atoms. The van der Waals surface area contributed by atoms with E-state index in [4.69, 9.17) is 9.47 Å². The van der Waals surface area contributed by atoms with Gasteiger partial charge in [-0.2, -0.15) is 0 Å². The van der Waals surface area contributed by atoms with E-state index in [1.807, 2.05) is 53.7 Å². The van der Waals surface area contributed by atoms with Crippen LogP contribution in [0.15, 0.2) is 25.3 Å². The normalized spacial score (nSPS) is 37.7. The lowest BCUT2D eigenvalue weighted by atomic mass is 9.47. The fourth-order valence-corrected chi connectivity index (χ4v) is 11.4. The molecule has 6 heteroatoms. The molecule has 0 heterocycles. The lowest BCUT2D eigenvalue weighted by molar-refractivity contribution is -0.0738. The molecule has 0 aromatic heterocycles. The van der Waals surface area contributed by atoms with E-state index in [0.29, 0.717) is 10.8 Å². The second-order valence-electron chi connectivity index (χ2n) is 18.0. The molecule has 8 fully saturated rings. The Kier molecular flexibility index (Phi) is 9.61. The molecule has 0 aromatic rings. The quantitative estimate of drug-likeness (QED) is 0.269. The Balaban J connectivity index is 0.000000175. The summed E-state index contributed by atoms with van der Waals surface area (Å²) >= 11 is 0. The van der Waals surface area contributed by atoms with Crippen LogP contribution >= 0.6 is 0 Å². The third-order valence-electron chi connectivity index (χ3n) is 11.8. The molecule has 0 unspecified atom stereocenters. The Morgan fingerprint density at radius 3 is 1.07 bits per heavy atom. The van der Waals surface area contributed by atoms with Gasteiger partial charge in [0.2, 0.25) is 0 Å². The standard InChI is InChI=1S/2C19H31NO2/c2*1-5-6-16(20-17(21)22-18(2,3)4)19-10-13-7-14(11-19)9-15(8-13)12-19/h2*5,13-16H,1,6-12H2,2-4H3,(H,20,21)/t2*13?,14?,15?,16-,19?/m00/s1. The van der Waals surface area contributed by atoms with E-state index >= 15 is 0 Å². The van der Waals surface area contributed by atoms with Crippen LogP contribution in [-0.2, 0) is 9.47 Å². The molecule has 0 aliphatic heterocycles. The van der Waals surface area contributed by atoms with E-state index in [-0.39, 0.29) is 24.3 Å². The number of hydrogen-bond donors (Lipinski definition) is 2. The molecular weight excluding hydrogens is 548 g/mol. The Morgan fingerprint density at radius 2 is 0.864 bits per heavy atom. The fourth-order valence-electron chi connectivity index (χ4n) is 11.4. The minimum absolute atomic E-state index is 0.188. The van der Waals surface area contributed by atoms with Gasteiger partial charge >= 0.3 is 12.2 Å². The van der Waals surface area contributed by atoms with Gasteiger partial charge in [0.1, 0.15) is 11.2 Å². The Hall–Kier alpha value is -1.98. The molecular formula is C38H62N2O4. The third kappa shape index (κ3) is 7.86. The van der Waals surface area contributed by atoms with E-state index in [9.17, 15) is 9.59 Å². The first kappa shape index (κ1) is 33.4. The highest BCUT2D eigenvalue weighted by molar-refractivity contribution is 5.68. The molecule has 8 bridgehead atoms. The zero-order valence-electron chi connectivity index (χ0n) is 28.7. The van der Waals surface area contributed by atoms with Crippen LogP contribution in [0.4, 0.5) is 9.59 Å². The van der Waals surface area contributed by atoms with Gasteiger partial charge in [-0.25, -0.2) is 9.59 Å². The first-order chi connectivity index (χ1) is 20.6. The molecule has 6 nitrogen and oxygen atoms in total. The second-order valence-corrected chi connectivity index (χ2v) is 18.0. The lowest BCUT2D eigenvalue weighted by Gasteiger charge is -2.59. The minimum Gasteiger partial charge on any atom is -0.444 e. The van der Waals surface area contributed by atoms with Crippen molar-refractivity contribution in [2.75, 3.05) is 0 Å². The van der Waals surface area contributed by atoms with Crippen molar-refractivity contribution in [2.24, 2.45) is 46.3 Å². The van der Waals surface area contributed by atoms with Crippen LogP contribution in [0.3, 0.4) is 0 Å². The molecule has 8 aliphatic rings. The summed E-state index contributed by atoms with van der Waals surface area (Å²) in [5.41, 5.74) is -0.297. The fraction of sp³-hybridized carbons (Fsp3) is 0.842. The third-order valence-corrected chi connectivity index (χ3v) is 11.8. The molecule has 2 atom stereocenters. The molecule has 0 aromatic carbocycles. The van der Waals surface area contributed by atoms with E-state index in [0.717, 1.165) is 48.3 Å². The SMILES string of the molecule is C=CC[C@H](NC(=O)OC(C)(C)C)C12CC3CC(CC(C3)C1)C2.C=CC[C@H](NC(=O)OC(C)(C)C)C12CC3CC(CC(C3)C1)C2. The van der Waals surface area contributed by atoms with Crippen LogP contribution < -0.4 is 10.6 Å². The van der Waals surface area contributed by atoms with Crippen LogP contribution in [0.1, 0.15) is 131 Å². The number of nitrogens with one attached hydrogen (secondary N) is 2. The highest BCUT2D eigenvalue weighted by Crippen LogP contribution is 2.63. The van der Waals surface area contributed by atoms with Crippen molar-refractivity contribution in [3.05, 3.63) is 25.3 Å². The summed E-state index contributed by atoms with van der Waals surface area (Å²) in [6, 6.07) is 0.376.